The number of carbonyl (C=O) groups is 1. The molecule has 0 radical (unpaired) electrons. The van der Waals surface area contributed by atoms with Gasteiger partial charge in [-0.25, -0.2) is 9.97 Å². The number of nitrogens with zero attached hydrogens (tertiary/aromatic N) is 2. The maximum Gasteiger partial charge on any atom is 0.257 e. The highest BCUT2D eigenvalue weighted by atomic mass is 32.2. The van der Waals surface area contributed by atoms with Crippen LogP contribution in [0.5, 0.6) is 0 Å². The van der Waals surface area contributed by atoms with E-state index in [4.69, 9.17) is 4.98 Å². The Bertz CT molecular complexity index is 1340. The molecule has 0 spiro atoms. The van der Waals surface area contributed by atoms with Gasteiger partial charge in [0.25, 0.3) is 5.91 Å². The summed E-state index contributed by atoms with van der Waals surface area (Å²) in [6.07, 6.45) is 2.88. The van der Waals surface area contributed by atoms with Gasteiger partial charge in [-0.05, 0) is 48.1 Å². The second-order valence-electron chi connectivity index (χ2n) is 6.78. The predicted octanol–water partition coefficient (Wildman–Crippen LogP) is 6.47. The van der Waals surface area contributed by atoms with Gasteiger partial charge in [-0.3, -0.25) is 10.1 Å². The van der Waals surface area contributed by atoms with Crippen LogP contribution in [-0.4, -0.2) is 22.1 Å². The van der Waals surface area contributed by atoms with Gasteiger partial charge in [-0.1, -0.05) is 65.6 Å². The maximum atomic E-state index is 12.7. The van der Waals surface area contributed by atoms with Crippen LogP contribution < -0.4 is 5.32 Å². The third-order valence-corrected chi connectivity index (χ3v) is 7.76. The molecule has 2 aromatic heterocycles. The summed E-state index contributed by atoms with van der Waals surface area (Å²) in [5.41, 5.74) is 4.87. The van der Waals surface area contributed by atoms with Gasteiger partial charge in [0.05, 0.1) is 14.9 Å². The Morgan fingerprint density at radius 3 is 2.47 bits per heavy atom. The van der Waals surface area contributed by atoms with Crippen molar-refractivity contribution in [3.05, 3.63) is 83.4 Å². The van der Waals surface area contributed by atoms with Crippen molar-refractivity contribution in [3.63, 3.8) is 0 Å². The van der Waals surface area contributed by atoms with Crippen molar-refractivity contribution in [2.45, 2.75) is 10.8 Å². The molecule has 0 saturated carbocycles. The van der Waals surface area contributed by atoms with Crippen LogP contribution in [0, 0.1) is 0 Å². The highest BCUT2D eigenvalue weighted by molar-refractivity contribution is 8.00. The zero-order chi connectivity index (χ0) is 20.5. The Morgan fingerprint density at radius 1 is 0.933 bits per heavy atom. The number of rotatable bonds is 5. The monoisotopic (exact) mass is 447 g/mol. The van der Waals surface area contributed by atoms with E-state index in [9.17, 15) is 4.79 Å². The Kier molecular flexibility index (Phi) is 5.25. The van der Waals surface area contributed by atoms with Gasteiger partial charge in [-0.15, -0.1) is 11.3 Å². The first-order chi connectivity index (χ1) is 14.7. The van der Waals surface area contributed by atoms with Crippen LogP contribution >= 0.6 is 34.4 Å². The van der Waals surface area contributed by atoms with Crippen LogP contribution in [0.4, 0.5) is 5.13 Å². The molecule has 0 saturated heterocycles. The number of nitrogens with one attached hydrogen (secondary N) is 1. The Labute approximate surface area is 186 Å². The van der Waals surface area contributed by atoms with Crippen LogP contribution in [0.2, 0.25) is 0 Å². The molecule has 0 bridgehead atoms. The summed E-state index contributed by atoms with van der Waals surface area (Å²) < 4.78 is 3.19. The molecule has 2 heterocycles. The number of thioether (sulfide) groups is 1. The zero-order valence-electron chi connectivity index (χ0n) is 16.1. The third kappa shape index (κ3) is 3.84. The average Bonchev–Trinajstić information content (AvgIpc) is 3.38. The molecule has 0 aliphatic heterocycles. The third-order valence-electron chi connectivity index (χ3n) is 4.76. The lowest BCUT2D eigenvalue weighted by Gasteiger charge is -2.05. The van der Waals surface area contributed by atoms with Gasteiger partial charge in [-0.2, -0.15) is 0 Å². The molecule has 148 valence electrons. The first-order valence-corrected chi connectivity index (χ1v) is 12.2. The molecule has 0 fully saturated rings. The van der Waals surface area contributed by atoms with Crippen molar-refractivity contribution < 1.29 is 4.79 Å². The van der Waals surface area contributed by atoms with E-state index in [1.165, 1.54) is 22.5 Å². The Hall–Kier alpha value is -2.74. The molecule has 1 N–H and O–H groups in total. The number of benzene rings is 3. The van der Waals surface area contributed by atoms with Gasteiger partial charge in [0.1, 0.15) is 5.52 Å². The highest BCUT2D eigenvalue weighted by Crippen LogP contribution is 2.37. The molecule has 0 aliphatic carbocycles. The fourth-order valence-corrected chi connectivity index (χ4v) is 5.78. The summed E-state index contributed by atoms with van der Waals surface area (Å²) in [5, 5.41) is 3.53. The number of carbonyl (C=O) groups excluding carboxylic acids is 1. The van der Waals surface area contributed by atoms with Crippen molar-refractivity contribution in [3.8, 4) is 0 Å². The molecule has 5 rings (SSSR count). The van der Waals surface area contributed by atoms with E-state index in [0.29, 0.717) is 10.7 Å². The molecule has 0 aliphatic rings. The summed E-state index contributed by atoms with van der Waals surface area (Å²) in [6.45, 7) is 0. The van der Waals surface area contributed by atoms with Crippen LogP contribution in [0.25, 0.3) is 20.4 Å². The van der Waals surface area contributed by atoms with Gasteiger partial charge >= 0.3 is 0 Å². The molecular weight excluding hydrogens is 430 g/mol. The van der Waals surface area contributed by atoms with Crippen LogP contribution in [0.1, 0.15) is 21.5 Å². The molecular formula is C23H17N3OS3. The van der Waals surface area contributed by atoms with Crippen molar-refractivity contribution in [2.75, 3.05) is 11.6 Å². The first kappa shape index (κ1) is 19.2. The molecule has 0 unspecified atom stereocenters. The summed E-state index contributed by atoms with van der Waals surface area (Å²) >= 11 is 4.79. The van der Waals surface area contributed by atoms with Gasteiger partial charge in [0, 0.05) is 5.56 Å². The quantitative estimate of drug-likeness (QED) is 0.314. The van der Waals surface area contributed by atoms with E-state index in [2.05, 4.69) is 22.4 Å². The van der Waals surface area contributed by atoms with Crippen LogP contribution in [-0.2, 0) is 6.42 Å². The fraction of sp³-hybridized carbons (Fsp3) is 0.0870. The Morgan fingerprint density at radius 2 is 1.70 bits per heavy atom. The predicted molar refractivity (Wildman–Crippen MR) is 128 cm³/mol. The number of thiazole rings is 2. The normalized spacial score (nSPS) is 11.2. The lowest BCUT2D eigenvalue weighted by molar-refractivity contribution is 0.102. The average molecular weight is 448 g/mol. The molecule has 1 amide bonds. The second-order valence-corrected chi connectivity index (χ2v) is 9.86. The minimum Gasteiger partial charge on any atom is -0.298 e. The minimum atomic E-state index is -0.153. The SMILES string of the molecule is CSc1nc2c(ccc3nc(NC(=O)c4ccc(Cc5ccccc5)cc4)sc32)s1. The van der Waals surface area contributed by atoms with Crippen molar-refractivity contribution in [2.24, 2.45) is 0 Å². The lowest BCUT2D eigenvalue weighted by Crippen LogP contribution is -2.11. The summed E-state index contributed by atoms with van der Waals surface area (Å²) in [6, 6.07) is 22.1. The van der Waals surface area contributed by atoms with E-state index < -0.39 is 0 Å². The highest BCUT2D eigenvalue weighted by Gasteiger charge is 2.14. The molecule has 4 nitrogen and oxygen atoms in total. The number of fused-ring (bicyclic) bond motifs is 3. The summed E-state index contributed by atoms with van der Waals surface area (Å²) in [7, 11) is 0. The van der Waals surface area contributed by atoms with E-state index in [0.717, 1.165) is 31.2 Å². The molecule has 5 aromatic rings. The van der Waals surface area contributed by atoms with Crippen molar-refractivity contribution in [1.29, 1.82) is 0 Å². The second kappa shape index (κ2) is 8.18. The van der Waals surface area contributed by atoms with Crippen LogP contribution in [0.3, 0.4) is 0 Å². The lowest BCUT2D eigenvalue weighted by atomic mass is 10.0. The summed E-state index contributed by atoms with van der Waals surface area (Å²) in [4.78, 5) is 22.0. The van der Waals surface area contributed by atoms with Gasteiger partial charge < -0.3 is 0 Å². The molecule has 3 aromatic carbocycles. The minimum absolute atomic E-state index is 0.153. The molecule has 7 heteroatoms. The molecule has 0 atom stereocenters. The number of hydrogen-bond donors (Lipinski definition) is 1. The fourth-order valence-electron chi connectivity index (χ4n) is 3.27. The first-order valence-electron chi connectivity index (χ1n) is 9.38. The number of aromatic nitrogens is 2. The van der Waals surface area contributed by atoms with Crippen molar-refractivity contribution in [1.82, 2.24) is 9.97 Å². The van der Waals surface area contributed by atoms with Crippen LogP contribution in [0.15, 0.2) is 71.1 Å². The number of hydrogen-bond acceptors (Lipinski definition) is 6. The number of anilines is 1. The topological polar surface area (TPSA) is 54.9 Å². The van der Waals surface area contributed by atoms with E-state index in [-0.39, 0.29) is 5.91 Å². The maximum absolute atomic E-state index is 12.7. The van der Waals surface area contributed by atoms with E-state index >= 15 is 0 Å². The van der Waals surface area contributed by atoms with Gasteiger partial charge in [0.15, 0.2) is 9.47 Å². The van der Waals surface area contributed by atoms with Gasteiger partial charge in [0.2, 0.25) is 0 Å². The zero-order valence-corrected chi connectivity index (χ0v) is 18.5. The largest absolute Gasteiger partial charge is 0.298 e. The van der Waals surface area contributed by atoms with E-state index in [1.54, 1.807) is 23.1 Å². The van der Waals surface area contributed by atoms with E-state index in [1.807, 2.05) is 60.9 Å². The standard InChI is InChI=1S/C23H17N3OS3/c1-28-23-25-19-18(29-23)12-11-17-20(19)30-22(24-17)26-21(27)16-9-7-15(8-10-16)13-14-5-3-2-4-6-14/h2-12H,13H2,1H3,(H,24,26,27). The molecule has 30 heavy (non-hydrogen) atoms. The smallest absolute Gasteiger partial charge is 0.257 e. The Balaban J connectivity index is 1.35. The number of amides is 1. The summed E-state index contributed by atoms with van der Waals surface area (Å²) in [5.74, 6) is -0.153. The van der Waals surface area contributed by atoms with Crippen molar-refractivity contribution >= 4 is 65.9 Å².